The van der Waals surface area contributed by atoms with E-state index in [2.05, 4.69) is 26.0 Å². The van der Waals surface area contributed by atoms with Crippen molar-refractivity contribution in [1.29, 1.82) is 0 Å². The van der Waals surface area contributed by atoms with Gasteiger partial charge in [0.25, 0.3) is 0 Å². The minimum Gasteiger partial charge on any atom is -0.462 e. The quantitative estimate of drug-likeness (QED) is 0.0102. The summed E-state index contributed by atoms with van der Waals surface area (Å²) in [5, 5.41) is 60.2. The predicted molar refractivity (Wildman–Crippen MR) is 241 cm³/mol. The van der Waals surface area contributed by atoms with Gasteiger partial charge in [-0.2, -0.15) is 0 Å². The minimum absolute atomic E-state index is 0.00931. The third-order valence-electron chi connectivity index (χ3n) is 10.7. The summed E-state index contributed by atoms with van der Waals surface area (Å²) in [4.78, 5) is 35.7. The van der Waals surface area contributed by atoms with Crippen molar-refractivity contribution in [2.45, 2.75) is 223 Å². The summed E-state index contributed by atoms with van der Waals surface area (Å²) in [7, 11) is -5.15. The van der Waals surface area contributed by atoms with Crippen molar-refractivity contribution in [3.63, 3.8) is 0 Å². The highest BCUT2D eigenvalue weighted by atomic mass is 31.2. The first-order chi connectivity index (χ1) is 29.8. The van der Waals surface area contributed by atoms with E-state index >= 15 is 0 Å². The van der Waals surface area contributed by atoms with E-state index in [1.54, 1.807) is 6.08 Å². The van der Waals surface area contributed by atoms with Gasteiger partial charge in [0.1, 0.15) is 43.2 Å². The van der Waals surface area contributed by atoms with Crippen LogP contribution < -0.4 is 0 Å². The van der Waals surface area contributed by atoms with Gasteiger partial charge in [0.05, 0.1) is 12.7 Å². The zero-order valence-electron chi connectivity index (χ0n) is 37.8. The van der Waals surface area contributed by atoms with Gasteiger partial charge in [-0.25, -0.2) is 4.57 Å². The molecule has 0 aromatic carbocycles. The summed E-state index contributed by atoms with van der Waals surface area (Å²) in [5.74, 6) is -1.21. The fourth-order valence-corrected chi connectivity index (χ4v) is 7.85. The lowest BCUT2D eigenvalue weighted by Gasteiger charge is -2.41. The highest BCUT2D eigenvalue weighted by Gasteiger charge is 2.51. The summed E-state index contributed by atoms with van der Waals surface area (Å²) in [6.07, 6.45) is 26.2. The van der Waals surface area contributed by atoms with Crippen LogP contribution in [0.3, 0.4) is 0 Å². The van der Waals surface area contributed by atoms with Gasteiger partial charge in [-0.1, -0.05) is 152 Å². The van der Waals surface area contributed by atoms with Crippen LogP contribution >= 0.6 is 7.82 Å². The van der Waals surface area contributed by atoms with Gasteiger partial charge < -0.3 is 45.0 Å². The molecule has 1 rings (SSSR count). The fraction of sp³-hybridized carbons (Fsp3) is 0.787. The molecular weight excluding hydrogens is 819 g/mol. The summed E-state index contributed by atoms with van der Waals surface area (Å²) >= 11 is 0. The summed E-state index contributed by atoms with van der Waals surface area (Å²) in [6, 6.07) is 0. The van der Waals surface area contributed by atoms with Crippen LogP contribution in [0.15, 0.2) is 48.6 Å². The molecule has 7 N–H and O–H groups in total. The number of phosphoric ester groups is 1. The Morgan fingerprint density at radius 1 is 0.581 bits per heavy atom. The Balaban J connectivity index is 2.53. The van der Waals surface area contributed by atoms with Crippen molar-refractivity contribution in [2.24, 2.45) is 0 Å². The number of carbonyl (C=O) groups excluding carboxylic acids is 2. The SMILES string of the molecule is CCCCCCCC/C=C\CCCCCCCC(=O)OCC(COP(=O)(O)OC1C(O)C(O)C(O)C(O)C1O)OC(=O)CCC/C=C\C/C=C\C=C/C(O)CCCCCCCC. The maximum Gasteiger partial charge on any atom is 0.472 e. The zero-order chi connectivity index (χ0) is 45.9. The maximum absolute atomic E-state index is 12.8. The highest BCUT2D eigenvalue weighted by molar-refractivity contribution is 7.47. The lowest BCUT2D eigenvalue weighted by molar-refractivity contribution is -0.220. The van der Waals surface area contributed by atoms with E-state index in [-0.39, 0.29) is 12.8 Å². The molecule has 1 fully saturated rings. The normalized spacial score (nSPS) is 22.8. The van der Waals surface area contributed by atoms with Crippen LogP contribution in [0.25, 0.3) is 0 Å². The van der Waals surface area contributed by atoms with Gasteiger partial charge in [-0.15, -0.1) is 0 Å². The van der Waals surface area contributed by atoms with Gasteiger partial charge in [0.2, 0.25) is 0 Å². The van der Waals surface area contributed by atoms with Crippen LogP contribution in [0.4, 0.5) is 0 Å². The molecule has 7 atom stereocenters. The number of aliphatic hydroxyl groups excluding tert-OH is 6. The van der Waals surface area contributed by atoms with E-state index in [4.69, 9.17) is 18.5 Å². The van der Waals surface area contributed by atoms with Crippen molar-refractivity contribution in [1.82, 2.24) is 0 Å². The van der Waals surface area contributed by atoms with Crippen LogP contribution in [-0.2, 0) is 32.7 Å². The predicted octanol–water partition coefficient (Wildman–Crippen LogP) is 8.14. The van der Waals surface area contributed by atoms with Crippen molar-refractivity contribution in [3.05, 3.63) is 48.6 Å². The van der Waals surface area contributed by atoms with Crippen molar-refractivity contribution < 1.29 is 68.2 Å². The smallest absolute Gasteiger partial charge is 0.462 e. The first-order valence-corrected chi connectivity index (χ1v) is 25.0. The number of aliphatic hydroxyl groups is 6. The van der Waals surface area contributed by atoms with Gasteiger partial charge in [0.15, 0.2) is 6.10 Å². The zero-order valence-corrected chi connectivity index (χ0v) is 38.7. The van der Waals surface area contributed by atoms with Crippen LogP contribution in [0.5, 0.6) is 0 Å². The number of hydrogen-bond donors (Lipinski definition) is 7. The Hall–Kier alpha value is -2.23. The van der Waals surface area contributed by atoms with Crippen molar-refractivity contribution >= 4 is 19.8 Å². The second-order valence-corrected chi connectivity index (χ2v) is 17.9. The summed E-state index contributed by atoms with van der Waals surface area (Å²) < 4.78 is 33.4. The Morgan fingerprint density at radius 3 is 1.69 bits per heavy atom. The van der Waals surface area contributed by atoms with E-state index < -0.39 is 81.8 Å². The number of rotatable bonds is 38. The molecule has 0 heterocycles. The molecule has 0 aliphatic heterocycles. The van der Waals surface area contributed by atoms with E-state index in [0.29, 0.717) is 25.7 Å². The Bertz CT molecular complexity index is 1290. The third-order valence-corrected chi connectivity index (χ3v) is 11.7. The molecule has 7 unspecified atom stereocenters. The van der Waals surface area contributed by atoms with E-state index in [9.17, 15) is 49.7 Å². The highest BCUT2D eigenvalue weighted by Crippen LogP contribution is 2.47. The van der Waals surface area contributed by atoms with E-state index in [0.717, 1.165) is 57.8 Å². The number of esters is 2. The lowest BCUT2D eigenvalue weighted by Crippen LogP contribution is -2.64. The van der Waals surface area contributed by atoms with Gasteiger partial charge in [-0.3, -0.25) is 18.6 Å². The average Bonchev–Trinajstić information content (AvgIpc) is 3.25. The molecule has 360 valence electrons. The van der Waals surface area contributed by atoms with Crippen molar-refractivity contribution in [2.75, 3.05) is 13.2 Å². The molecule has 0 saturated heterocycles. The van der Waals surface area contributed by atoms with Crippen LogP contribution in [0.2, 0.25) is 0 Å². The van der Waals surface area contributed by atoms with Gasteiger partial charge >= 0.3 is 19.8 Å². The monoisotopic (exact) mass is 903 g/mol. The molecule has 1 aliphatic rings. The number of phosphoric acid groups is 1. The average molecular weight is 903 g/mol. The molecule has 0 spiro atoms. The summed E-state index contributed by atoms with van der Waals surface area (Å²) in [5.41, 5.74) is 0. The first kappa shape index (κ1) is 57.8. The number of allylic oxidation sites excluding steroid dienone is 7. The molecule has 14 nitrogen and oxygen atoms in total. The molecule has 62 heavy (non-hydrogen) atoms. The number of unbranched alkanes of at least 4 members (excludes halogenated alkanes) is 17. The Morgan fingerprint density at radius 2 is 1.08 bits per heavy atom. The van der Waals surface area contributed by atoms with Crippen LogP contribution in [0, 0.1) is 0 Å². The second kappa shape index (κ2) is 37.0. The molecule has 1 saturated carbocycles. The number of carbonyl (C=O) groups is 2. The van der Waals surface area contributed by atoms with Crippen LogP contribution in [-0.4, -0.2) is 110 Å². The maximum atomic E-state index is 12.8. The summed E-state index contributed by atoms with van der Waals surface area (Å²) in [6.45, 7) is 3.16. The molecule has 0 aromatic heterocycles. The second-order valence-electron chi connectivity index (χ2n) is 16.5. The van der Waals surface area contributed by atoms with E-state index in [1.807, 2.05) is 30.4 Å². The molecule has 0 radical (unpaired) electrons. The lowest BCUT2D eigenvalue weighted by atomic mass is 9.85. The van der Waals surface area contributed by atoms with Crippen molar-refractivity contribution in [3.8, 4) is 0 Å². The molecule has 0 bridgehead atoms. The molecule has 15 heteroatoms. The number of hydrogen-bond acceptors (Lipinski definition) is 13. The largest absolute Gasteiger partial charge is 0.472 e. The standard InChI is InChI=1S/C47H83O14P/c1-3-5-7-9-11-12-13-14-15-16-17-18-22-26-30-34-40(49)58-36-39(37-59-62(56,57)61-47-45(54)43(52)42(51)44(53)46(47)55)60-41(50)35-31-27-23-20-19-21-25-29-33-38(48)32-28-24-10-8-6-4-2/h14-15,20-21,23,25,29,33,38-39,42-48,51-55H,3-13,16-19,22,24,26-28,30-32,34-37H2,1-2H3,(H,56,57)/b15-14-,23-20-,25-21-,33-29-. The molecule has 1 aliphatic carbocycles. The van der Waals surface area contributed by atoms with Gasteiger partial charge in [0, 0.05) is 12.8 Å². The number of ether oxygens (including phenoxy) is 2. The molecule has 0 aromatic rings. The third kappa shape index (κ3) is 29.3. The van der Waals surface area contributed by atoms with Gasteiger partial charge in [-0.05, 0) is 57.8 Å². The van der Waals surface area contributed by atoms with Crippen LogP contribution in [0.1, 0.15) is 174 Å². The Labute approximate surface area is 372 Å². The molecular formula is C47H83O14P. The topological polar surface area (TPSA) is 230 Å². The first-order valence-electron chi connectivity index (χ1n) is 23.5. The van der Waals surface area contributed by atoms with E-state index in [1.165, 1.54) is 64.2 Å². The molecule has 0 amide bonds. The Kier molecular flexibility index (Phi) is 34.5. The fourth-order valence-electron chi connectivity index (χ4n) is 6.88. The minimum atomic E-state index is -5.15.